The normalized spacial score (nSPS) is 16.1. The fourth-order valence-electron chi connectivity index (χ4n) is 3.67. The second-order valence-corrected chi connectivity index (χ2v) is 7.92. The average molecular weight is 410 g/mol. The molecule has 1 fully saturated rings. The van der Waals surface area contributed by atoms with Crippen LogP contribution in [0.15, 0.2) is 54.6 Å². The van der Waals surface area contributed by atoms with E-state index in [4.69, 9.17) is 14.2 Å². The standard InChI is InChI=1S/C23H23NO4S/c1-26-19-14-21(28-3)20(27-2)13-18(19)23-24(10-11-29-23)22(25)17-9-8-15-6-4-5-7-16(15)12-17/h4-9,12-14,23H,10-11H2,1-3H3. The molecule has 4 rings (SSSR count). The molecule has 1 aliphatic heterocycles. The summed E-state index contributed by atoms with van der Waals surface area (Å²) in [6.07, 6.45) is 0. The minimum Gasteiger partial charge on any atom is -0.496 e. The number of thioether (sulfide) groups is 1. The van der Waals surface area contributed by atoms with E-state index in [0.29, 0.717) is 29.4 Å². The first-order valence-electron chi connectivity index (χ1n) is 9.37. The third-order valence-electron chi connectivity index (χ3n) is 5.15. The summed E-state index contributed by atoms with van der Waals surface area (Å²) in [5.41, 5.74) is 1.59. The van der Waals surface area contributed by atoms with Crippen LogP contribution in [0.2, 0.25) is 0 Å². The van der Waals surface area contributed by atoms with Crippen molar-refractivity contribution in [3.05, 3.63) is 65.7 Å². The van der Waals surface area contributed by atoms with Crippen molar-refractivity contribution in [3.63, 3.8) is 0 Å². The lowest BCUT2D eigenvalue weighted by Gasteiger charge is -2.26. The fraction of sp³-hybridized carbons (Fsp3) is 0.261. The van der Waals surface area contributed by atoms with Gasteiger partial charge in [0.15, 0.2) is 11.5 Å². The number of benzene rings is 3. The summed E-state index contributed by atoms with van der Waals surface area (Å²) in [7, 11) is 4.82. The summed E-state index contributed by atoms with van der Waals surface area (Å²) in [5.74, 6) is 2.78. The number of ether oxygens (including phenoxy) is 3. The molecule has 0 radical (unpaired) electrons. The molecule has 0 N–H and O–H groups in total. The van der Waals surface area contributed by atoms with E-state index in [9.17, 15) is 4.79 Å². The van der Waals surface area contributed by atoms with Crippen molar-refractivity contribution >= 4 is 28.4 Å². The van der Waals surface area contributed by atoms with Crippen LogP contribution in [-0.2, 0) is 0 Å². The van der Waals surface area contributed by atoms with Gasteiger partial charge in [0.1, 0.15) is 11.1 Å². The van der Waals surface area contributed by atoms with Crippen molar-refractivity contribution in [3.8, 4) is 17.2 Å². The van der Waals surface area contributed by atoms with Gasteiger partial charge in [-0.25, -0.2) is 0 Å². The van der Waals surface area contributed by atoms with Gasteiger partial charge < -0.3 is 19.1 Å². The molecular formula is C23H23NO4S. The molecule has 1 saturated heterocycles. The van der Waals surface area contributed by atoms with Crippen LogP contribution in [0, 0.1) is 0 Å². The largest absolute Gasteiger partial charge is 0.496 e. The highest BCUT2D eigenvalue weighted by molar-refractivity contribution is 7.99. The van der Waals surface area contributed by atoms with Crippen molar-refractivity contribution < 1.29 is 19.0 Å². The third-order valence-corrected chi connectivity index (χ3v) is 6.39. The Balaban J connectivity index is 1.70. The number of rotatable bonds is 5. The van der Waals surface area contributed by atoms with Gasteiger partial charge in [-0.3, -0.25) is 4.79 Å². The van der Waals surface area contributed by atoms with E-state index < -0.39 is 0 Å². The van der Waals surface area contributed by atoms with E-state index in [1.807, 2.05) is 59.5 Å². The molecule has 3 aromatic rings. The van der Waals surface area contributed by atoms with Crippen molar-refractivity contribution in [2.24, 2.45) is 0 Å². The monoisotopic (exact) mass is 409 g/mol. The molecule has 1 amide bonds. The minimum atomic E-state index is -0.149. The lowest BCUT2D eigenvalue weighted by molar-refractivity contribution is 0.0759. The van der Waals surface area contributed by atoms with E-state index in [1.54, 1.807) is 33.1 Å². The number of carbonyl (C=O) groups excluding carboxylic acids is 1. The first kappa shape index (κ1) is 19.5. The summed E-state index contributed by atoms with van der Waals surface area (Å²) < 4.78 is 16.5. The topological polar surface area (TPSA) is 48.0 Å². The molecule has 5 nitrogen and oxygen atoms in total. The molecule has 0 spiro atoms. The van der Waals surface area contributed by atoms with Gasteiger partial charge in [0.2, 0.25) is 0 Å². The summed E-state index contributed by atoms with van der Waals surface area (Å²) in [5, 5.41) is 2.03. The number of hydrogen-bond acceptors (Lipinski definition) is 5. The van der Waals surface area contributed by atoms with Gasteiger partial charge in [0.05, 0.1) is 21.3 Å². The summed E-state index contributed by atoms with van der Waals surface area (Å²) in [4.78, 5) is 15.3. The Bertz CT molecular complexity index is 1050. The number of methoxy groups -OCH3 is 3. The molecule has 1 heterocycles. The Hall–Kier alpha value is -2.86. The van der Waals surface area contributed by atoms with E-state index >= 15 is 0 Å². The van der Waals surface area contributed by atoms with Gasteiger partial charge in [-0.15, -0.1) is 11.8 Å². The molecule has 1 unspecified atom stereocenters. The van der Waals surface area contributed by atoms with Crippen molar-refractivity contribution in [2.45, 2.75) is 5.37 Å². The van der Waals surface area contributed by atoms with Gasteiger partial charge in [-0.05, 0) is 29.0 Å². The molecule has 1 atom stereocenters. The fourth-order valence-corrected chi connectivity index (χ4v) is 4.94. The van der Waals surface area contributed by atoms with E-state index in [2.05, 4.69) is 0 Å². The highest BCUT2D eigenvalue weighted by Gasteiger charge is 2.34. The predicted octanol–water partition coefficient (Wildman–Crippen LogP) is 4.75. The van der Waals surface area contributed by atoms with Crippen molar-refractivity contribution in [2.75, 3.05) is 33.6 Å². The molecule has 3 aromatic carbocycles. The van der Waals surface area contributed by atoms with Crippen LogP contribution in [0.25, 0.3) is 10.8 Å². The Kier molecular flexibility index (Phi) is 5.53. The lowest BCUT2D eigenvalue weighted by atomic mass is 10.1. The number of fused-ring (bicyclic) bond motifs is 1. The first-order valence-corrected chi connectivity index (χ1v) is 10.4. The Labute approximate surface area is 174 Å². The summed E-state index contributed by atoms with van der Waals surface area (Å²) in [6.45, 7) is 0.679. The van der Waals surface area contributed by atoms with Gasteiger partial charge in [0.25, 0.3) is 5.91 Å². The molecule has 0 aliphatic carbocycles. The number of hydrogen-bond donors (Lipinski definition) is 0. The van der Waals surface area contributed by atoms with E-state index in [-0.39, 0.29) is 11.3 Å². The number of carbonyl (C=O) groups is 1. The van der Waals surface area contributed by atoms with Gasteiger partial charge in [-0.1, -0.05) is 30.3 Å². The maximum Gasteiger partial charge on any atom is 0.255 e. The maximum atomic E-state index is 13.4. The maximum absolute atomic E-state index is 13.4. The van der Waals surface area contributed by atoms with Crippen molar-refractivity contribution in [1.29, 1.82) is 0 Å². The summed E-state index contributed by atoms with van der Waals surface area (Å²) >= 11 is 1.72. The lowest BCUT2D eigenvalue weighted by Crippen LogP contribution is -2.30. The second-order valence-electron chi connectivity index (χ2n) is 6.73. The van der Waals surface area contributed by atoms with Crippen LogP contribution in [-0.4, -0.2) is 44.4 Å². The number of amides is 1. The zero-order chi connectivity index (χ0) is 20.4. The Morgan fingerprint density at radius 2 is 1.59 bits per heavy atom. The minimum absolute atomic E-state index is 0.0163. The van der Waals surface area contributed by atoms with Crippen LogP contribution in [0.1, 0.15) is 21.3 Å². The third kappa shape index (κ3) is 3.60. The number of nitrogens with zero attached hydrogens (tertiary/aromatic N) is 1. The molecule has 0 aromatic heterocycles. The van der Waals surface area contributed by atoms with E-state index in [0.717, 1.165) is 22.1 Å². The Morgan fingerprint density at radius 1 is 0.897 bits per heavy atom. The zero-order valence-electron chi connectivity index (χ0n) is 16.7. The van der Waals surface area contributed by atoms with Crippen LogP contribution in [0.5, 0.6) is 17.2 Å². The molecule has 6 heteroatoms. The highest BCUT2D eigenvalue weighted by atomic mass is 32.2. The molecule has 29 heavy (non-hydrogen) atoms. The molecule has 1 aliphatic rings. The molecule has 0 bridgehead atoms. The highest BCUT2D eigenvalue weighted by Crippen LogP contribution is 2.46. The van der Waals surface area contributed by atoms with Crippen LogP contribution in [0.3, 0.4) is 0 Å². The SMILES string of the molecule is COc1cc(OC)c(C2SCCN2C(=O)c2ccc3ccccc3c2)cc1OC. The summed E-state index contributed by atoms with van der Waals surface area (Å²) in [6, 6.07) is 17.6. The van der Waals surface area contributed by atoms with Gasteiger partial charge >= 0.3 is 0 Å². The van der Waals surface area contributed by atoms with Crippen LogP contribution in [0.4, 0.5) is 0 Å². The first-order chi connectivity index (χ1) is 14.2. The predicted molar refractivity (Wildman–Crippen MR) is 116 cm³/mol. The van der Waals surface area contributed by atoms with Crippen molar-refractivity contribution in [1.82, 2.24) is 4.90 Å². The van der Waals surface area contributed by atoms with Gasteiger partial charge in [0, 0.05) is 29.5 Å². The smallest absolute Gasteiger partial charge is 0.255 e. The Morgan fingerprint density at radius 3 is 2.31 bits per heavy atom. The van der Waals surface area contributed by atoms with Crippen LogP contribution < -0.4 is 14.2 Å². The molecule has 0 saturated carbocycles. The van der Waals surface area contributed by atoms with E-state index in [1.165, 1.54) is 0 Å². The quantitative estimate of drug-likeness (QED) is 0.608. The average Bonchev–Trinajstić information content (AvgIpc) is 3.26. The molecular weight excluding hydrogens is 386 g/mol. The molecule has 150 valence electrons. The zero-order valence-corrected chi connectivity index (χ0v) is 17.5. The van der Waals surface area contributed by atoms with Gasteiger partial charge in [-0.2, -0.15) is 0 Å². The second kappa shape index (κ2) is 8.25. The van der Waals surface area contributed by atoms with Crippen LogP contribution >= 0.6 is 11.8 Å².